The molecule has 3 rings (SSSR count). The normalized spacial score (nSPS) is 25.5. The number of hydrogen-bond acceptors (Lipinski definition) is 4. The third-order valence-corrected chi connectivity index (χ3v) is 5.12. The van der Waals surface area contributed by atoms with E-state index in [2.05, 4.69) is 5.32 Å². The van der Waals surface area contributed by atoms with E-state index >= 15 is 0 Å². The molecule has 2 aliphatic rings. The number of fused-ring (bicyclic) bond motifs is 1. The fourth-order valence-electron chi connectivity index (χ4n) is 2.48. The zero-order chi connectivity index (χ0) is 15.0. The Morgan fingerprint density at radius 2 is 2.14 bits per heavy atom. The van der Waals surface area contributed by atoms with Crippen molar-refractivity contribution >= 4 is 23.6 Å². The van der Waals surface area contributed by atoms with Crippen LogP contribution in [-0.2, 0) is 9.59 Å². The summed E-state index contributed by atoms with van der Waals surface area (Å²) in [6.07, 6.45) is 1.86. The quantitative estimate of drug-likeness (QED) is 0.817. The van der Waals surface area contributed by atoms with Crippen LogP contribution in [0.15, 0.2) is 42.1 Å². The van der Waals surface area contributed by atoms with E-state index in [9.17, 15) is 9.59 Å². The van der Waals surface area contributed by atoms with E-state index in [0.29, 0.717) is 0 Å². The Balaban J connectivity index is 1.65. The Morgan fingerprint density at radius 3 is 2.86 bits per heavy atom. The molecule has 2 amide bonds. The number of carbonyl (C=O) groups excluding carboxylic acids is 2. The molecule has 1 saturated heterocycles. The summed E-state index contributed by atoms with van der Waals surface area (Å²) in [4.78, 5) is 25.9. The highest BCUT2D eigenvalue weighted by molar-refractivity contribution is 8.00. The molecule has 3 N–H and O–H groups in total. The van der Waals surface area contributed by atoms with Gasteiger partial charge >= 0.3 is 0 Å². The van der Waals surface area contributed by atoms with Crippen molar-refractivity contribution in [2.45, 2.75) is 24.4 Å². The van der Waals surface area contributed by atoms with Crippen LogP contribution in [0, 0.1) is 0 Å². The van der Waals surface area contributed by atoms with E-state index < -0.39 is 12.1 Å². The monoisotopic (exact) mass is 303 g/mol. The number of thioether (sulfide) groups is 1. The van der Waals surface area contributed by atoms with Gasteiger partial charge in [0, 0.05) is 12.0 Å². The number of nitrogens with zero attached hydrogens (tertiary/aromatic N) is 1. The zero-order valence-electron chi connectivity index (χ0n) is 11.7. The van der Waals surface area contributed by atoms with Gasteiger partial charge in [0.1, 0.15) is 17.5 Å². The van der Waals surface area contributed by atoms with Gasteiger partial charge in [0.05, 0.1) is 0 Å². The number of carbonyl (C=O) groups is 2. The van der Waals surface area contributed by atoms with Crippen LogP contribution < -0.4 is 11.1 Å². The third-order valence-electron chi connectivity index (χ3n) is 3.66. The second kappa shape index (κ2) is 5.54. The molecule has 0 radical (unpaired) electrons. The van der Waals surface area contributed by atoms with Gasteiger partial charge in [-0.2, -0.15) is 0 Å². The van der Waals surface area contributed by atoms with Gasteiger partial charge in [0.15, 0.2) is 0 Å². The molecule has 0 unspecified atom stereocenters. The van der Waals surface area contributed by atoms with Gasteiger partial charge in [-0.1, -0.05) is 30.3 Å². The average molecular weight is 303 g/mol. The summed E-state index contributed by atoms with van der Waals surface area (Å²) in [5.74, 6) is 0.497. The number of nitrogens with one attached hydrogen (secondary N) is 1. The van der Waals surface area contributed by atoms with Crippen LogP contribution in [0.1, 0.15) is 18.5 Å². The molecule has 1 fully saturated rings. The van der Waals surface area contributed by atoms with Crippen molar-refractivity contribution in [3.8, 4) is 0 Å². The molecule has 2 heterocycles. The first-order chi connectivity index (χ1) is 10.1. The number of nitrogens with two attached hydrogens (primary N) is 1. The lowest BCUT2D eigenvalue weighted by Crippen LogP contribution is -2.69. The van der Waals surface area contributed by atoms with Crippen molar-refractivity contribution in [1.29, 1.82) is 0 Å². The lowest BCUT2D eigenvalue weighted by atomic mass is 10.0. The summed E-state index contributed by atoms with van der Waals surface area (Å²) in [6, 6.07) is 7.93. The summed E-state index contributed by atoms with van der Waals surface area (Å²) < 4.78 is 0. The first-order valence-electron chi connectivity index (χ1n) is 6.80. The van der Waals surface area contributed by atoms with E-state index in [1.54, 1.807) is 28.8 Å². The largest absolute Gasteiger partial charge is 0.340 e. The van der Waals surface area contributed by atoms with Crippen LogP contribution in [0.2, 0.25) is 0 Å². The van der Waals surface area contributed by atoms with E-state index in [4.69, 9.17) is 5.73 Å². The molecule has 3 atom stereocenters. The number of β-lactam (4-membered cyclic amide) rings is 1. The SMILES string of the molecule is CC1=CN2C(=O)[C@@H](NC(=O)[C@H](N)c3ccccc3)[C@H]2SC1. The Labute approximate surface area is 127 Å². The van der Waals surface area contributed by atoms with Crippen LogP contribution in [0.4, 0.5) is 0 Å². The van der Waals surface area contributed by atoms with Crippen molar-refractivity contribution < 1.29 is 9.59 Å². The predicted molar refractivity (Wildman–Crippen MR) is 82.2 cm³/mol. The molecule has 0 saturated carbocycles. The molecule has 0 spiro atoms. The van der Waals surface area contributed by atoms with E-state index in [1.165, 1.54) is 0 Å². The van der Waals surface area contributed by atoms with Gasteiger partial charge in [0.2, 0.25) is 5.91 Å². The Bertz CT molecular complexity index is 602. The number of hydrogen-bond donors (Lipinski definition) is 2. The average Bonchev–Trinajstić information content (AvgIpc) is 2.52. The van der Waals surface area contributed by atoms with Crippen LogP contribution >= 0.6 is 11.8 Å². The zero-order valence-corrected chi connectivity index (χ0v) is 12.5. The minimum atomic E-state index is -0.751. The van der Waals surface area contributed by atoms with Crippen molar-refractivity contribution in [3.05, 3.63) is 47.7 Å². The Hall–Kier alpha value is -1.79. The van der Waals surface area contributed by atoms with Crippen LogP contribution in [0.25, 0.3) is 0 Å². The molecule has 110 valence electrons. The van der Waals surface area contributed by atoms with Gasteiger partial charge in [-0.3, -0.25) is 9.59 Å². The van der Waals surface area contributed by atoms with Crippen LogP contribution in [0.5, 0.6) is 0 Å². The minimum Gasteiger partial charge on any atom is -0.340 e. The maximum atomic E-state index is 12.2. The smallest absolute Gasteiger partial charge is 0.253 e. The van der Waals surface area contributed by atoms with Crippen molar-refractivity contribution in [2.75, 3.05) is 5.75 Å². The van der Waals surface area contributed by atoms with Crippen molar-refractivity contribution in [1.82, 2.24) is 10.2 Å². The maximum Gasteiger partial charge on any atom is 0.253 e. The molecular formula is C15H17N3O2S. The van der Waals surface area contributed by atoms with Gasteiger partial charge in [-0.25, -0.2) is 0 Å². The van der Waals surface area contributed by atoms with Crippen LogP contribution in [-0.4, -0.2) is 33.9 Å². The Kier molecular flexibility index (Phi) is 3.73. The molecule has 21 heavy (non-hydrogen) atoms. The fraction of sp³-hybridized carbons (Fsp3) is 0.333. The molecule has 0 aromatic heterocycles. The first-order valence-corrected chi connectivity index (χ1v) is 7.85. The molecule has 1 aromatic rings. The summed E-state index contributed by atoms with van der Waals surface area (Å²) in [5.41, 5.74) is 7.85. The highest BCUT2D eigenvalue weighted by Crippen LogP contribution is 2.35. The highest BCUT2D eigenvalue weighted by atomic mass is 32.2. The summed E-state index contributed by atoms with van der Waals surface area (Å²) >= 11 is 1.66. The maximum absolute atomic E-state index is 12.2. The fourth-order valence-corrected chi connectivity index (χ4v) is 3.69. The highest BCUT2D eigenvalue weighted by Gasteiger charge is 2.49. The third kappa shape index (κ3) is 2.56. The second-order valence-electron chi connectivity index (χ2n) is 5.30. The molecule has 5 nitrogen and oxygen atoms in total. The van der Waals surface area contributed by atoms with Gasteiger partial charge in [0.25, 0.3) is 5.91 Å². The minimum absolute atomic E-state index is 0.00637. The summed E-state index contributed by atoms with van der Waals surface area (Å²) in [6.45, 7) is 1.99. The Morgan fingerprint density at radius 1 is 1.43 bits per heavy atom. The molecule has 0 bridgehead atoms. The topological polar surface area (TPSA) is 75.4 Å². The molecule has 2 aliphatic heterocycles. The first kappa shape index (κ1) is 14.2. The van der Waals surface area contributed by atoms with E-state index in [0.717, 1.165) is 16.9 Å². The van der Waals surface area contributed by atoms with Gasteiger partial charge in [-0.15, -0.1) is 11.8 Å². The molecular weight excluding hydrogens is 286 g/mol. The van der Waals surface area contributed by atoms with E-state index in [1.807, 2.05) is 31.3 Å². The number of benzene rings is 1. The lowest BCUT2D eigenvalue weighted by Gasteiger charge is -2.47. The molecule has 6 heteroatoms. The second-order valence-corrected chi connectivity index (χ2v) is 6.40. The molecule has 0 aliphatic carbocycles. The van der Waals surface area contributed by atoms with Crippen LogP contribution in [0.3, 0.4) is 0 Å². The standard InChI is InChI=1S/C15H17N3O2S/c1-9-7-18-14(20)12(15(18)21-8-9)17-13(19)11(16)10-5-3-2-4-6-10/h2-7,11-12,15H,8,16H2,1H3,(H,17,19)/t11-,12-,15-/m1/s1. The molecule has 1 aromatic carbocycles. The van der Waals surface area contributed by atoms with E-state index in [-0.39, 0.29) is 17.2 Å². The number of rotatable bonds is 3. The number of amides is 2. The predicted octanol–water partition coefficient (Wildman–Crippen LogP) is 0.990. The van der Waals surface area contributed by atoms with Crippen molar-refractivity contribution in [2.24, 2.45) is 5.73 Å². The van der Waals surface area contributed by atoms with Gasteiger partial charge < -0.3 is 16.0 Å². The van der Waals surface area contributed by atoms with Crippen molar-refractivity contribution in [3.63, 3.8) is 0 Å². The lowest BCUT2D eigenvalue weighted by molar-refractivity contribution is -0.145. The summed E-state index contributed by atoms with van der Waals surface area (Å²) in [7, 11) is 0. The summed E-state index contributed by atoms with van der Waals surface area (Å²) in [5, 5.41) is 2.77. The van der Waals surface area contributed by atoms with Gasteiger partial charge in [-0.05, 0) is 18.1 Å².